The van der Waals surface area contributed by atoms with E-state index in [1.807, 2.05) is 45.0 Å². The number of nitrogens with zero attached hydrogens (tertiary/aromatic N) is 2. The molecule has 1 aliphatic rings. The zero-order chi connectivity index (χ0) is 27.4. The largest absolute Gasteiger partial charge is 0.504 e. The van der Waals surface area contributed by atoms with E-state index in [1.165, 1.54) is 24.5 Å². The normalized spacial score (nSPS) is 15.3. The highest BCUT2D eigenvalue weighted by molar-refractivity contribution is 7.07. The van der Waals surface area contributed by atoms with Gasteiger partial charge in [0.05, 0.1) is 42.2 Å². The van der Waals surface area contributed by atoms with Crippen LogP contribution >= 0.6 is 11.3 Å². The lowest BCUT2D eigenvalue weighted by Gasteiger charge is -2.25. The Hall–Kier alpha value is -3.85. The summed E-state index contributed by atoms with van der Waals surface area (Å²) in [6.45, 7) is 8.60. The molecule has 0 amide bonds. The molecule has 0 saturated heterocycles. The number of aromatic nitrogens is 1. The van der Waals surface area contributed by atoms with Gasteiger partial charge in [-0.05, 0) is 60.7 Å². The Balaban J connectivity index is 1.85. The van der Waals surface area contributed by atoms with Gasteiger partial charge in [-0.3, -0.25) is 9.36 Å². The number of carbonyl (C=O) groups is 1. The molecule has 2 heterocycles. The standard InChI is InChI=1S/C29H32N2O6S/c1-6-13-36-21-10-8-20(9-11-21)26-25(28(34)37-16-17(2)3)18(4)30-29-31(26)27(33)24(38-29)15-19-7-12-22(32)23(14-19)35-5/h7-12,14-15,17,26,32H,6,13,16H2,1-5H3. The van der Waals surface area contributed by atoms with E-state index in [1.54, 1.807) is 29.7 Å². The minimum atomic E-state index is -0.706. The van der Waals surface area contributed by atoms with Gasteiger partial charge in [-0.1, -0.05) is 50.3 Å². The first-order chi connectivity index (χ1) is 18.2. The number of thiazole rings is 1. The van der Waals surface area contributed by atoms with Crippen LogP contribution in [0.25, 0.3) is 6.08 Å². The number of allylic oxidation sites excluding steroid dienone is 1. The Morgan fingerprint density at radius 1 is 1.21 bits per heavy atom. The van der Waals surface area contributed by atoms with Crippen LogP contribution in [0, 0.1) is 5.92 Å². The first-order valence-electron chi connectivity index (χ1n) is 12.5. The minimum Gasteiger partial charge on any atom is -0.504 e. The van der Waals surface area contributed by atoms with Crippen molar-refractivity contribution in [1.82, 2.24) is 4.57 Å². The van der Waals surface area contributed by atoms with Gasteiger partial charge in [0.25, 0.3) is 5.56 Å². The molecule has 0 bridgehead atoms. The lowest BCUT2D eigenvalue weighted by Crippen LogP contribution is -2.40. The lowest BCUT2D eigenvalue weighted by molar-refractivity contribution is -0.140. The summed E-state index contributed by atoms with van der Waals surface area (Å²) in [6, 6.07) is 11.6. The molecular formula is C29H32N2O6S. The van der Waals surface area contributed by atoms with Crippen LogP contribution in [0.15, 0.2) is 63.5 Å². The lowest BCUT2D eigenvalue weighted by atomic mass is 9.96. The molecule has 1 aromatic heterocycles. The number of esters is 1. The molecule has 0 radical (unpaired) electrons. The van der Waals surface area contributed by atoms with Gasteiger partial charge in [-0.2, -0.15) is 0 Å². The third-order valence-corrected chi connectivity index (χ3v) is 6.94. The van der Waals surface area contributed by atoms with E-state index < -0.39 is 12.0 Å². The molecular weight excluding hydrogens is 504 g/mol. The predicted molar refractivity (Wildman–Crippen MR) is 146 cm³/mol. The molecule has 1 N–H and O–H groups in total. The summed E-state index contributed by atoms with van der Waals surface area (Å²) < 4.78 is 18.5. The second-order valence-electron chi connectivity index (χ2n) is 9.42. The number of rotatable bonds is 9. The Kier molecular flexibility index (Phi) is 8.36. The van der Waals surface area contributed by atoms with Crippen LogP contribution in [0.1, 0.15) is 51.3 Å². The van der Waals surface area contributed by atoms with Crippen molar-refractivity contribution in [3.63, 3.8) is 0 Å². The Morgan fingerprint density at radius 3 is 2.61 bits per heavy atom. The smallest absolute Gasteiger partial charge is 0.338 e. The van der Waals surface area contributed by atoms with Gasteiger partial charge in [-0.15, -0.1) is 0 Å². The molecule has 3 aromatic rings. The fraction of sp³-hybridized carbons (Fsp3) is 0.345. The number of methoxy groups -OCH3 is 1. The molecule has 0 fully saturated rings. The average Bonchev–Trinajstić information content (AvgIpc) is 3.20. The maximum absolute atomic E-state index is 13.8. The maximum Gasteiger partial charge on any atom is 0.338 e. The highest BCUT2D eigenvalue weighted by atomic mass is 32.1. The van der Waals surface area contributed by atoms with Gasteiger partial charge >= 0.3 is 5.97 Å². The van der Waals surface area contributed by atoms with Crippen LogP contribution in [-0.2, 0) is 9.53 Å². The van der Waals surface area contributed by atoms with Crippen molar-refractivity contribution >= 4 is 23.4 Å². The molecule has 38 heavy (non-hydrogen) atoms. The molecule has 0 aliphatic carbocycles. The van der Waals surface area contributed by atoms with Gasteiger partial charge in [0.1, 0.15) is 5.75 Å². The number of benzene rings is 2. The second kappa shape index (κ2) is 11.7. The number of ether oxygens (including phenoxy) is 3. The van der Waals surface area contributed by atoms with Crippen LogP contribution in [0.2, 0.25) is 0 Å². The molecule has 1 atom stereocenters. The van der Waals surface area contributed by atoms with E-state index in [2.05, 4.69) is 4.99 Å². The van der Waals surface area contributed by atoms with E-state index in [0.717, 1.165) is 12.0 Å². The van der Waals surface area contributed by atoms with Crippen molar-refractivity contribution in [2.75, 3.05) is 20.3 Å². The summed E-state index contributed by atoms with van der Waals surface area (Å²) in [5.74, 6) is 0.706. The summed E-state index contributed by atoms with van der Waals surface area (Å²) >= 11 is 1.24. The Bertz CT molecular complexity index is 1530. The third-order valence-electron chi connectivity index (χ3n) is 5.96. The van der Waals surface area contributed by atoms with Crippen LogP contribution in [0.5, 0.6) is 17.2 Å². The first kappa shape index (κ1) is 27.2. The van der Waals surface area contributed by atoms with Crippen molar-refractivity contribution in [2.45, 2.75) is 40.2 Å². The van der Waals surface area contributed by atoms with Gasteiger partial charge < -0.3 is 19.3 Å². The molecule has 200 valence electrons. The molecule has 4 rings (SSSR count). The number of hydrogen-bond acceptors (Lipinski definition) is 8. The number of phenolic OH excluding ortho intramolecular Hbond substituents is 1. The second-order valence-corrected chi connectivity index (χ2v) is 10.4. The van der Waals surface area contributed by atoms with E-state index in [4.69, 9.17) is 14.2 Å². The molecule has 2 aromatic carbocycles. The molecule has 8 nitrogen and oxygen atoms in total. The summed E-state index contributed by atoms with van der Waals surface area (Å²) in [5.41, 5.74) is 2.00. The monoisotopic (exact) mass is 536 g/mol. The Morgan fingerprint density at radius 2 is 1.95 bits per heavy atom. The van der Waals surface area contributed by atoms with Gasteiger partial charge in [0, 0.05) is 0 Å². The zero-order valence-electron chi connectivity index (χ0n) is 22.2. The SMILES string of the molecule is CCCOc1ccc(C2C(C(=O)OCC(C)C)=C(C)N=c3sc(=Cc4ccc(O)c(OC)c4)c(=O)n32)cc1. The zero-order valence-corrected chi connectivity index (χ0v) is 23.0. The van der Waals surface area contributed by atoms with E-state index in [9.17, 15) is 14.7 Å². The van der Waals surface area contributed by atoms with E-state index >= 15 is 0 Å². The first-order valence-corrected chi connectivity index (χ1v) is 13.3. The number of carbonyl (C=O) groups excluding carboxylic acids is 1. The molecule has 0 saturated carbocycles. The van der Waals surface area contributed by atoms with Crippen LogP contribution in [0.4, 0.5) is 0 Å². The van der Waals surface area contributed by atoms with Crippen molar-refractivity contribution in [1.29, 1.82) is 0 Å². The van der Waals surface area contributed by atoms with Crippen LogP contribution in [-0.4, -0.2) is 36.0 Å². The maximum atomic E-state index is 13.8. The highest BCUT2D eigenvalue weighted by Crippen LogP contribution is 2.32. The molecule has 1 aliphatic heterocycles. The van der Waals surface area contributed by atoms with Crippen LogP contribution in [0.3, 0.4) is 0 Å². The number of hydrogen-bond donors (Lipinski definition) is 1. The molecule has 9 heteroatoms. The minimum absolute atomic E-state index is 0.0117. The summed E-state index contributed by atoms with van der Waals surface area (Å²) in [4.78, 5) is 32.2. The third kappa shape index (κ3) is 5.67. The van der Waals surface area contributed by atoms with Crippen LogP contribution < -0.4 is 24.4 Å². The highest BCUT2D eigenvalue weighted by Gasteiger charge is 2.33. The summed E-state index contributed by atoms with van der Waals surface area (Å²) in [5, 5.41) is 9.93. The number of aromatic hydroxyl groups is 1. The van der Waals surface area contributed by atoms with Crippen molar-refractivity contribution < 1.29 is 24.1 Å². The quantitative estimate of drug-likeness (QED) is 0.416. The van der Waals surface area contributed by atoms with E-state index in [0.29, 0.717) is 44.3 Å². The number of phenols is 1. The van der Waals surface area contributed by atoms with E-state index in [-0.39, 0.29) is 23.8 Å². The Labute approximate surface area is 225 Å². The van der Waals surface area contributed by atoms with Crippen molar-refractivity contribution in [3.05, 3.63) is 84.5 Å². The summed E-state index contributed by atoms with van der Waals surface area (Å²) in [6.07, 6.45) is 2.61. The van der Waals surface area contributed by atoms with Crippen molar-refractivity contribution in [3.8, 4) is 17.2 Å². The molecule has 0 spiro atoms. The average molecular weight is 537 g/mol. The van der Waals surface area contributed by atoms with Gasteiger partial charge in [0.15, 0.2) is 16.3 Å². The van der Waals surface area contributed by atoms with Crippen molar-refractivity contribution in [2.24, 2.45) is 10.9 Å². The fourth-order valence-electron chi connectivity index (χ4n) is 4.12. The van der Waals surface area contributed by atoms with Gasteiger partial charge in [-0.25, -0.2) is 9.79 Å². The predicted octanol–water partition coefficient (Wildman–Crippen LogP) is 3.94. The summed E-state index contributed by atoms with van der Waals surface area (Å²) in [7, 11) is 1.47. The molecule has 1 unspecified atom stereocenters. The number of fused-ring (bicyclic) bond motifs is 1. The topological polar surface area (TPSA) is 99.4 Å². The fourth-order valence-corrected chi connectivity index (χ4v) is 5.17. The van der Waals surface area contributed by atoms with Gasteiger partial charge in [0.2, 0.25) is 0 Å².